The lowest BCUT2D eigenvalue weighted by Crippen LogP contribution is -2.31. The minimum Gasteiger partial charge on any atom is -0.481 e. The third kappa shape index (κ3) is 2.64. The smallest absolute Gasteiger partial charge is 0.303 e. The molecule has 1 aliphatic rings. The monoisotopic (exact) mass is 222 g/mol. The van der Waals surface area contributed by atoms with Crippen molar-refractivity contribution in [2.45, 2.75) is 25.2 Å². The van der Waals surface area contributed by atoms with E-state index in [1.807, 2.05) is 18.5 Å². The summed E-state index contributed by atoms with van der Waals surface area (Å²) in [6.45, 7) is 2.01. The summed E-state index contributed by atoms with van der Waals surface area (Å²) >= 11 is 0. The molecule has 1 saturated heterocycles. The number of rotatable bonds is 4. The molecule has 4 nitrogen and oxygen atoms in total. The van der Waals surface area contributed by atoms with Crippen LogP contribution in [-0.4, -0.2) is 29.1 Å². The largest absolute Gasteiger partial charge is 0.481 e. The standard InChI is InChI=1S/C12H18N2O2/c15-12(16)7-11(10-3-6-14-8-10)9-1-4-13-5-2-9/h3,6,8-9,11,13-14H,1-2,4-5,7H2,(H,15,16). The maximum absolute atomic E-state index is 10.9. The van der Waals surface area contributed by atoms with E-state index in [4.69, 9.17) is 5.11 Å². The van der Waals surface area contributed by atoms with E-state index < -0.39 is 5.97 Å². The number of aromatic amines is 1. The number of nitrogens with one attached hydrogen (secondary N) is 2. The molecule has 1 aromatic rings. The van der Waals surface area contributed by atoms with Gasteiger partial charge in [-0.05, 0) is 49.4 Å². The van der Waals surface area contributed by atoms with E-state index in [0.717, 1.165) is 31.5 Å². The fourth-order valence-corrected chi connectivity index (χ4v) is 2.56. The van der Waals surface area contributed by atoms with Crippen LogP contribution < -0.4 is 5.32 Å². The summed E-state index contributed by atoms with van der Waals surface area (Å²) in [5, 5.41) is 12.3. The van der Waals surface area contributed by atoms with E-state index in [-0.39, 0.29) is 12.3 Å². The SMILES string of the molecule is O=C(O)CC(c1cc[nH]c1)C1CCNCC1. The van der Waals surface area contributed by atoms with Gasteiger partial charge in [0.25, 0.3) is 0 Å². The average Bonchev–Trinajstić information content (AvgIpc) is 2.80. The molecule has 1 aliphatic heterocycles. The summed E-state index contributed by atoms with van der Waals surface area (Å²) in [7, 11) is 0. The van der Waals surface area contributed by atoms with Crippen LogP contribution in [0.3, 0.4) is 0 Å². The Morgan fingerprint density at radius 2 is 2.25 bits per heavy atom. The minimum absolute atomic E-state index is 0.158. The molecule has 2 heterocycles. The summed E-state index contributed by atoms with van der Waals surface area (Å²) in [4.78, 5) is 13.9. The minimum atomic E-state index is -0.704. The fourth-order valence-electron chi connectivity index (χ4n) is 2.56. The second-order valence-electron chi connectivity index (χ2n) is 4.44. The van der Waals surface area contributed by atoms with Crippen LogP contribution in [0.4, 0.5) is 0 Å². The fraction of sp³-hybridized carbons (Fsp3) is 0.583. The first kappa shape index (κ1) is 11.2. The molecule has 2 rings (SSSR count). The number of H-pyrrole nitrogens is 1. The van der Waals surface area contributed by atoms with Crippen LogP contribution in [0.1, 0.15) is 30.7 Å². The second kappa shape index (κ2) is 5.16. The third-order valence-corrected chi connectivity index (χ3v) is 3.40. The molecule has 16 heavy (non-hydrogen) atoms. The Bertz CT molecular complexity index is 329. The zero-order valence-corrected chi connectivity index (χ0v) is 9.28. The van der Waals surface area contributed by atoms with Crippen LogP contribution in [-0.2, 0) is 4.79 Å². The molecule has 0 aliphatic carbocycles. The van der Waals surface area contributed by atoms with Gasteiger partial charge in [-0.3, -0.25) is 4.79 Å². The van der Waals surface area contributed by atoms with Crippen molar-refractivity contribution >= 4 is 5.97 Å². The summed E-state index contributed by atoms with van der Waals surface area (Å²) in [5.74, 6) is -0.0521. The zero-order chi connectivity index (χ0) is 11.4. The van der Waals surface area contributed by atoms with Crippen molar-refractivity contribution in [3.8, 4) is 0 Å². The first-order valence-electron chi connectivity index (χ1n) is 5.82. The third-order valence-electron chi connectivity index (χ3n) is 3.40. The lowest BCUT2D eigenvalue weighted by Gasteiger charge is -2.29. The van der Waals surface area contributed by atoms with Gasteiger partial charge < -0.3 is 15.4 Å². The Balaban J connectivity index is 2.10. The number of aliphatic carboxylic acids is 1. The molecule has 0 saturated carbocycles. The van der Waals surface area contributed by atoms with Crippen molar-refractivity contribution < 1.29 is 9.90 Å². The average molecular weight is 222 g/mol. The van der Waals surface area contributed by atoms with E-state index in [2.05, 4.69) is 10.3 Å². The molecule has 0 amide bonds. The molecule has 0 aromatic carbocycles. The maximum atomic E-state index is 10.9. The van der Waals surface area contributed by atoms with Crippen molar-refractivity contribution in [3.05, 3.63) is 24.0 Å². The van der Waals surface area contributed by atoms with Crippen molar-refractivity contribution in [1.82, 2.24) is 10.3 Å². The van der Waals surface area contributed by atoms with Crippen LogP contribution in [0.2, 0.25) is 0 Å². The Morgan fingerprint density at radius 1 is 1.50 bits per heavy atom. The van der Waals surface area contributed by atoms with Gasteiger partial charge in [0.15, 0.2) is 0 Å². The Kier molecular flexibility index (Phi) is 3.62. The number of piperidine rings is 1. The van der Waals surface area contributed by atoms with E-state index in [9.17, 15) is 4.79 Å². The van der Waals surface area contributed by atoms with Crippen molar-refractivity contribution in [2.75, 3.05) is 13.1 Å². The summed E-state index contributed by atoms with van der Waals surface area (Å²) < 4.78 is 0. The molecule has 1 atom stereocenters. The highest BCUT2D eigenvalue weighted by Crippen LogP contribution is 2.33. The quantitative estimate of drug-likeness (QED) is 0.724. The Hall–Kier alpha value is -1.29. The Labute approximate surface area is 95.1 Å². The van der Waals surface area contributed by atoms with Crippen LogP contribution in [0.5, 0.6) is 0 Å². The number of carboxylic acids is 1. The maximum Gasteiger partial charge on any atom is 0.303 e. The molecular formula is C12H18N2O2. The van der Waals surface area contributed by atoms with E-state index in [0.29, 0.717) is 5.92 Å². The first-order chi connectivity index (χ1) is 7.77. The number of carboxylic acid groups (broad SMARTS) is 1. The first-order valence-corrected chi connectivity index (χ1v) is 5.82. The van der Waals surface area contributed by atoms with Gasteiger partial charge in [-0.15, -0.1) is 0 Å². The molecule has 1 unspecified atom stereocenters. The topological polar surface area (TPSA) is 65.1 Å². The molecule has 88 valence electrons. The van der Waals surface area contributed by atoms with Crippen LogP contribution in [0.25, 0.3) is 0 Å². The van der Waals surface area contributed by atoms with E-state index >= 15 is 0 Å². The van der Waals surface area contributed by atoms with Crippen molar-refractivity contribution in [3.63, 3.8) is 0 Å². The molecule has 1 aromatic heterocycles. The predicted octanol–water partition coefficient (Wildman–Crippen LogP) is 1.57. The van der Waals surface area contributed by atoms with Gasteiger partial charge in [-0.2, -0.15) is 0 Å². The molecule has 4 heteroatoms. The Morgan fingerprint density at radius 3 is 2.81 bits per heavy atom. The summed E-state index contributed by atoms with van der Waals surface area (Å²) in [6, 6.07) is 2.00. The van der Waals surface area contributed by atoms with E-state index in [1.54, 1.807) is 0 Å². The highest BCUT2D eigenvalue weighted by Gasteiger charge is 2.27. The lowest BCUT2D eigenvalue weighted by atomic mass is 9.79. The van der Waals surface area contributed by atoms with Gasteiger partial charge in [-0.1, -0.05) is 0 Å². The van der Waals surface area contributed by atoms with Gasteiger partial charge >= 0.3 is 5.97 Å². The summed E-state index contributed by atoms with van der Waals surface area (Å²) in [5.41, 5.74) is 1.13. The van der Waals surface area contributed by atoms with Gasteiger partial charge in [0.2, 0.25) is 0 Å². The van der Waals surface area contributed by atoms with Gasteiger partial charge in [0.05, 0.1) is 6.42 Å². The van der Waals surface area contributed by atoms with Crippen molar-refractivity contribution in [1.29, 1.82) is 0 Å². The van der Waals surface area contributed by atoms with Gasteiger partial charge in [0.1, 0.15) is 0 Å². The highest BCUT2D eigenvalue weighted by atomic mass is 16.4. The highest BCUT2D eigenvalue weighted by molar-refractivity contribution is 5.68. The van der Waals surface area contributed by atoms with Crippen LogP contribution >= 0.6 is 0 Å². The van der Waals surface area contributed by atoms with E-state index in [1.165, 1.54) is 0 Å². The number of hydrogen-bond donors (Lipinski definition) is 3. The molecule has 0 bridgehead atoms. The number of hydrogen-bond acceptors (Lipinski definition) is 2. The van der Waals surface area contributed by atoms with Gasteiger partial charge in [-0.25, -0.2) is 0 Å². The van der Waals surface area contributed by atoms with Crippen LogP contribution in [0.15, 0.2) is 18.5 Å². The predicted molar refractivity (Wildman–Crippen MR) is 61.4 cm³/mol. The molecule has 3 N–H and O–H groups in total. The number of carbonyl (C=O) groups is 1. The molecular weight excluding hydrogens is 204 g/mol. The molecule has 0 radical (unpaired) electrons. The number of aromatic nitrogens is 1. The van der Waals surface area contributed by atoms with Gasteiger partial charge in [0, 0.05) is 12.4 Å². The molecule has 1 fully saturated rings. The van der Waals surface area contributed by atoms with Crippen LogP contribution in [0, 0.1) is 5.92 Å². The lowest BCUT2D eigenvalue weighted by molar-refractivity contribution is -0.137. The van der Waals surface area contributed by atoms with Crippen molar-refractivity contribution in [2.24, 2.45) is 5.92 Å². The normalized spacial score (nSPS) is 19.5. The zero-order valence-electron chi connectivity index (χ0n) is 9.28. The summed E-state index contributed by atoms with van der Waals surface area (Å²) in [6.07, 6.45) is 6.18. The second-order valence-corrected chi connectivity index (χ2v) is 4.44. The molecule has 0 spiro atoms.